The van der Waals surface area contributed by atoms with Gasteiger partial charge in [0.2, 0.25) is 0 Å². The molecule has 4 amide bonds. The molecule has 1 aromatic carbocycles. The van der Waals surface area contributed by atoms with Gasteiger partial charge in [-0.25, -0.2) is 4.79 Å². The number of urea groups is 1. The Hall–Kier alpha value is -3.10. The number of carbonyl (C=O) groups excluding carboxylic acids is 4. The number of imide groups is 1. The first-order chi connectivity index (χ1) is 14.1. The van der Waals surface area contributed by atoms with Crippen LogP contribution >= 0.6 is 0 Å². The van der Waals surface area contributed by atoms with Crippen LogP contribution in [0.1, 0.15) is 40.5 Å². The Morgan fingerprint density at radius 2 is 1.87 bits per heavy atom. The van der Waals surface area contributed by atoms with E-state index in [1.54, 1.807) is 31.2 Å². The number of para-hydroxylation sites is 2. The quantitative estimate of drug-likeness (QED) is 0.469. The molecule has 0 saturated carbocycles. The Morgan fingerprint density at radius 3 is 2.50 bits per heavy atom. The molecular weight excluding hydrogens is 390 g/mol. The predicted molar refractivity (Wildman–Crippen MR) is 110 cm³/mol. The van der Waals surface area contributed by atoms with Crippen molar-refractivity contribution in [1.29, 1.82) is 0 Å². The lowest BCUT2D eigenvalue weighted by molar-refractivity contribution is -0.155. The molecule has 0 unspecified atom stereocenters. The molecule has 1 aliphatic rings. The molecule has 0 bridgehead atoms. The lowest BCUT2D eigenvalue weighted by Crippen LogP contribution is -2.44. The van der Waals surface area contributed by atoms with Gasteiger partial charge < -0.3 is 20.1 Å². The highest BCUT2D eigenvalue weighted by atomic mass is 16.5. The van der Waals surface area contributed by atoms with Gasteiger partial charge in [-0.15, -0.1) is 0 Å². The van der Waals surface area contributed by atoms with Crippen LogP contribution < -0.4 is 15.4 Å². The van der Waals surface area contributed by atoms with E-state index in [4.69, 9.17) is 9.47 Å². The van der Waals surface area contributed by atoms with Gasteiger partial charge in [0.15, 0.2) is 6.10 Å². The summed E-state index contributed by atoms with van der Waals surface area (Å²) in [5, 5.41) is 5.27. The standard InChI is InChI=1S/C21H29N3O6/c1-13(2)10-11-21(4)19(27)24(20(28)23-21)12-17(25)30-14(3)18(26)22-15-8-6-7-9-16(15)29-5/h6-9,13-14H,10-12H2,1-5H3,(H,22,26)(H,23,28)/t14-,21+/m1/s1. The predicted octanol–water partition coefficient (Wildman–Crippen LogP) is 2.31. The van der Waals surface area contributed by atoms with E-state index < -0.39 is 42.0 Å². The number of rotatable bonds is 9. The molecule has 1 aliphatic heterocycles. The second-order valence-electron chi connectivity index (χ2n) is 7.91. The fourth-order valence-electron chi connectivity index (χ4n) is 3.04. The normalized spacial score (nSPS) is 19.5. The fourth-order valence-corrected chi connectivity index (χ4v) is 3.04. The van der Waals surface area contributed by atoms with Crippen molar-refractivity contribution in [3.05, 3.63) is 24.3 Å². The third-order valence-corrected chi connectivity index (χ3v) is 4.90. The average Bonchev–Trinajstić information content (AvgIpc) is 2.90. The number of ether oxygens (including phenoxy) is 2. The largest absolute Gasteiger partial charge is 0.495 e. The zero-order valence-electron chi connectivity index (χ0n) is 18.0. The highest BCUT2D eigenvalue weighted by Crippen LogP contribution is 2.25. The Bertz CT molecular complexity index is 825. The summed E-state index contributed by atoms with van der Waals surface area (Å²) in [6.07, 6.45) is 0.0925. The van der Waals surface area contributed by atoms with E-state index >= 15 is 0 Å². The number of methoxy groups -OCH3 is 1. The van der Waals surface area contributed by atoms with E-state index in [2.05, 4.69) is 10.6 Å². The maximum absolute atomic E-state index is 12.7. The molecule has 2 atom stereocenters. The molecular formula is C21H29N3O6. The van der Waals surface area contributed by atoms with Crippen LogP contribution in [0.3, 0.4) is 0 Å². The number of esters is 1. The summed E-state index contributed by atoms with van der Waals surface area (Å²) in [5.41, 5.74) is -0.614. The second-order valence-corrected chi connectivity index (χ2v) is 7.91. The third kappa shape index (κ3) is 5.49. The smallest absolute Gasteiger partial charge is 0.327 e. The summed E-state index contributed by atoms with van der Waals surface area (Å²) in [4.78, 5) is 50.3. The molecule has 0 radical (unpaired) electrons. The summed E-state index contributed by atoms with van der Waals surface area (Å²) < 4.78 is 10.3. The Balaban J connectivity index is 1.93. The van der Waals surface area contributed by atoms with E-state index in [0.717, 1.165) is 11.3 Å². The molecule has 1 saturated heterocycles. The van der Waals surface area contributed by atoms with Gasteiger partial charge in [-0.05, 0) is 44.7 Å². The molecule has 30 heavy (non-hydrogen) atoms. The van der Waals surface area contributed by atoms with Crippen molar-refractivity contribution in [3.8, 4) is 5.75 Å². The van der Waals surface area contributed by atoms with Gasteiger partial charge in [-0.3, -0.25) is 19.3 Å². The Labute approximate surface area is 176 Å². The third-order valence-electron chi connectivity index (χ3n) is 4.90. The number of nitrogens with one attached hydrogen (secondary N) is 2. The van der Waals surface area contributed by atoms with Crippen LogP contribution in [0, 0.1) is 5.92 Å². The first-order valence-electron chi connectivity index (χ1n) is 9.85. The molecule has 0 aromatic heterocycles. The Kier molecular flexibility index (Phi) is 7.42. The summed E-state index contributed by atoms with van der Waals surface area (Å²) in [5.74, 6) is -1.06. The number of anilines is 1. The summed E-state index contributed by atoms with van der Waals surface area (Å²) in [7, 11) is 1.47. The van der Waals surface area contributed by atoms with Crippen LogP contribution in [0.15, 0.2) is 24.3 Å². The first-order valence-corrected chi connectivity index (χ1v) is 9.85. The van der Waals surface area contributed by atoms with E-state index in [-0.39, 0.29) is 0 Å². The van der Waals surface area contributed by atoms with Crippen molar-refractivity contribution in [3.63, 3.8) is 0 Å². The molecule has 1 fully saturated rings. The average molecular weight is 419 g/mol. The lowest BCUT2D eigenvalue weighted by atomic mass is 9.92. The minimum absolute atomic E-state index is 0.369. The number of benzene rings is 1. The zero-order valence-corrected chi connectivity index (χ0v) is 18.0. The molecule has 1 aromatic rings. The highest BCUT2D eigenvalue weighted by Gasteiger charge is 2.48. The van der Waals surface area contributed by atoms with Gasteiger partial charge in [-0.1, -0.05) is 26.0 Å². The molecule has 2 N–H and O–H groups in total. The topological polar surface area (TPSA) is 114 Å². The van der Waals surface area contributed by atoms with Gasteiger partial charge in [0.05, 0.1) is 12.8 Å². The van der Waals surface area contributed by atoms with Gasteiger partial charge in [0, 0.05) is 0 Å². The lowest BCUT2D eigenvalue weighted by Gasteiger charge is -2.22. The number of hydrogen-bond donors (Lipinski definition) is 2. The van der Waals surface area contributed by atoms with Crippen LogP contribution in [0.5, 0.6) is 5.75 Å². The number of amides is 4. The fraction of sp³-hybridized carbons (Fsp3) is 0.524. The minimum atomic E-state index is -1.13. The van der Waals surface area contributed by atoms with Crippen molar-refractivity contribution in [2.75, 3.05) is 19.0 Å². The van der Waals surface area contributed by atoms with Gasteiger partial charge in [-0.2, -0.15) is 0 Å². The van der Waals surface area contributed by atoms with Crippen molar-refractivity contribution in [2.24, 2.45) is 5.92 Å². The van der Waals surface area contributed by atoms with E-state index in [0.29, 0.717) is 23.8 Å². The second kappa shape index (κ2) is 9.60. The van der Waals surface area contributed by atoms with Crippen LogP contribution in [0.25, 0.3) is 0 Å². The first kappa shape index (κ1) is 23.2. The summed E-state index contributed by atoms with van der Waals surface area (Å²) in [6.45, 7) is 6.54. The molecule has 0 aliphatic carbocycles. The monoisotopic (exact) mass is 419 g/mol. The van der Waals surface area contributed by atoms with Gasteiger partial charge >= 0.3 is 12.0 Å². The van der Waals surface area contributed by atoms with Crippen molar-refractivity contribution in [1.82, 2.24) is 10.2 Å². The molecule has 164 valence electrons. The SMILES string of the molecule is COc1ccccc1NC(=O)[C@@H](C)OC(=O)CN1C(=O)N[C@@](C)(CCC(C)C)C1=O. The Morgan fingerprint density at radius 1 is 1.20 bits per heavy atom. The maximum atomic E-state index is 12.7. The van der Waals surface area contributed by atoms with E-state index in [1.807, 2.05) is 13.8 Å². The molecule has 9 heteroatoms. The van der Waals surface area contributed by atoms with Crippen molar-refractivity contribution < 1.29 is 28.7 Å². The van der Waals surface area contributed by atoms with E-state index in [1.165, 1.54) is 14.0 Å². The van der Waals surface area contributed by atoms with Crippen LogP contribution in [-0.4, -0.2) is 54.0 Å². The number of carbonyl (C=O) groups is 4. The molecule has 0 spiro atoms. The maximum Gasteiger partial charge on any atom is 0.327 e. The van der Waals surface area contributed by atoms with E-state index in [9.17, 15) is 19.2 Å². The van der Waals surface area contributed by atoms with Gasteiger partial charge in [0.1, 0.15) is 17.8 Å². The zero-order chi connectivity index (χ0) is 22.5. The van der Waals surface area contributed by atoms with Crippen molar-refractivity contribution >= 4 is 29.5 Å². The summed E-state index contributed by atoms with van der Waals surface area (Å²) >= 11 is 0. The van der Waals surface area contributed by atoms with Crippen LogP contribution in [-0.2, 0) is 19.1 Å². The van der Waals surface area contributed by atoms with Crippen LogP contribution in [0.2, 0.25) is 0 Å². The molecule has 9 nitrogen and oxygen atoms in total. The molecule has 2 rings (SSSR count). The highest BCUT2D eigenvalue weighted by molar-refractivity contribution is 6.08. The number of hydrogen-bond acceptors (Lipinski definition) is 6. The van der Waals surface area contributed by atoms with Crippen LogP contribution in [0.4, 0.5) is 10.5 Å². The number of nitrogens with zero attached hydrogens (tertiary/aromatic N) is 1. The molecule has 1 heterocycles. The minimum Gasteiger partial charge on any atom is -0.495 e. The van der Waals surface area contributed by atoms with Gasteiger partial charge in [0.25, 0.3) is 11.8 Å². The van der Waals surface area contributed by atoms with Crippen molar-refractivity contribution in [2.45, 2.75) is 52.2 Å². The summed E-state index contributed by atoms with van der Waals surface area (Å²) in [6, 6.07) is 6.17.